The van der Waals surface area contributed by atoms with Crippen LogP contribution in [0.4, 0.5) is 13.2 Å². The molecule has 1 N–H and O–H groups in total. The number of aliphatic hydroxyl groups is 1. The van der Waals surface area contributed by atoms with E-state index in [-0.39, 0.29) is 0 Å². The number of alkyl halides is 3. The van der Waals surface area contributed by atoms with Crippen molar-refractivity contribution in [3.8, 4) is 0 Å². The molecule has 0 amide bonds. The number of Topliss-reactive ketones (excluding diaryl/α,β-unsaturated/α-hetero) is 1. The average molecular weight is 140 g/mol. The monoisotopic (exact) mass is 140 g/mol. The third-order valence-corrected chi connectivity index (χ3v) is 1.22. The third-order valence-electron chi connectivity index (χ3n) is 1.22. The highest BCUT2D eigenvalue weighted by molar-refractivity contribution is 6.04. The molecule has 0 aromatic rings. The van der Waals surface area contributed by atoms with Crippen molar-refractivity contribution in [3.05, 3.63) is 0 Å². The molecular weight excluding hydrogens is 137 g/mol. The molecule has 1 unspecified atom stereocenters. The fourth-order valence-electron chi connectivity index (χ4n) is 0.446. The van der Waals surface area contributed by atoms with Crippen molar-refractivity contribution >= 4 is 5.78 Å². The van der Waals surface area contributed by atoms with Crippen LogP contribution >= 0.6 is 0 Å². The summed E-state index contributed by atoms with van der Waals surface area (Å²) in [5, 5.41) is 8.26. The molecule has 1 aliphatic rings. The fourth-order valence-corrected chi connectivity index (χ4v) is 0.446. The Morgan fingerprint density at radius 1 is 1.56 bits per heavy atom. The van der Waals surface area contributed by atoms with Crippen molar-refractivity contribution in [1.29, 1.82) is 0 Å². The number of carbonyl (C=O) groups excluding carboxylic acids is 1. The van der Waals surface area contributed by atoms with Crippen LogP contribution in [0.2, 0.25) is 0 Å². The molecule has 0 aromatic heterocycles. The number of carbonyl (C=O) groups is 1. The van der Waals surface area contributed by atoms with Gasteiger partial charge in [0, 0.05) is 0 Å². The van der Waals surface area contributed by atoms with Gasteiger partial charge in [0.15, 0.2) is 5.78 Å². The van der Waals surface area contributed by atoms with Crippen LogP contribution in [0, 0.1) is 0 Å². The molecule has 1 saturated carbocycles. The summed E-state index contributed by atoms with van der Waals surface area (Å²) >= 11 is 0. The number of hydrogen-bond donors (Lipinski definition) is 1. The van der Waals surface area contributed by atoms with Gasteiger partial charge in [0.25, 0.3) is 0 Å². The van der Waals surface area contributed by atoms with Gasteiger partial charge in [0.05, 0.1) is 6.42 Å². The number of halogens is 3. The molecule has 0 spiro atoms. The number of ketones is 1. The first-order valence-electron chi connectivity index (χ1n) is 2.20. The van der Waals surface area contributed by atoms with Crippen molar-refractivity contribution < 1.29 is 23.1 Å². The van der Waals surface area contributed by atoms with E-state index in [4.69, 9.17) is 5.11 Å². The zero-order chi connectivity index (χ0) is 7.28. The lowest BCUT2D eigenvalue weighted by Crippen LogP contribution is -2.32. The van der Waals surface area contributed by atoms with Crippen LogP contribution < -0.4 is 0 Å². The number of hydrogen-bond acceptors (Lipinski definition) is 2. The Hall–Kier alpha value is -0.580. The van der Waals surface area contributed by atoms with Crippen LogP contribution in [0.3, 0.4) is 0 Å². The minimum absolute atomic E-state index is 0.781. The summed E-state index contributed by atoms with van der Waals surface area (Å²) in [6.45, 7) is 0. The SMILES string of the molecule is O=C1CC1(O)C(F)(F)F. The number of rotatable bonds is 0. The average Bonchev–Trinajstić information content (AvgIpc) is 2.13. The zero-order valence-electron chi connectivity index (χ0n) is 4.20. The molecule has 2 nitrogen and oxygen atoms in total. The Kier molecular flexibility index (Phi) is 0.934. The molecule has 0 bridgehead atoms. The summed E-state index contributed by atoms with van der Waals surface area (Å²) < 4.78 is 34.2. The Morgan fingerprint density at radius 2 is 1.89 bits per heavy atom. The predicted molar refractivity (Wildman–Crippen MR) is 20.6 cm³/mol. The Balaban J connectivity index is 2.76. The maximum absolute atomic E-state index is 11.4. The van der Waals surface area contributed by atoms with Gasteiger partial charge in [-0.3, -0.25) is 4.79 Å². The molecule has 0 aromatic carbocycles. The molecule has 1 rings (SSSR count). The Bertz CT molecular complexity index is 162. The zero-order valence-corrected chi connectivity index (χ0v) is 4.20. The summed E-state index contributed by atoms with van der Waals surface area (Å²) in [6.07, 6.45) is -5.55. The summed E-state index contributed by atoms with van der Waals surface area (Å²) in [7, 11) is 0. The van der Waals surface area contributed by atoms with Gasteiger partial charge in [-0.1, -0.05) is 0 Å². The van der Waals surface area contributed by atoms with Gasteiger partial charge < -0.3 is 5.11 Å². The molecule has 1 fully saturated rings. The van der Waals surface area contributed by atoms with Crippen LogP contribution in [0.15, 0.2) is 0 Å². The van der Waals surface area contributed by atoms with Crippen molar-refractivity contribution in [2.75, 3.05) is 0 Å². The highest BCUT2D eigenvalue weighted by atomic mass is 19.4. The summed E-state index contributed by atoms with van der Waals surface area (Å²) in [6, 6.07) is 0. The first-order valence-corrected chi connectivity index (χ1v) is 2.20. The standard InChI is InChI=1S/C4H3F3O2/c5-4(6,7)3(9)1-2(3)8/h9H,1H2. The summed E-state index contributed by atoms with van der Waals surface area (Å²) in [5.41, 5.74) is -2.99. The quantitative estimate of drug-likeness (QED) is 0.523. The second-order valence-corrected chi connectivity index (χ2v) is 1.96. The lowest BCUT2D eigenvalue weighted by atomic mass is 10.3. The van der Waals surface area contributed by atoms with E-state index in [1.807, 2.05) is 0 Å². The molecular formula is C4H3F3O2. The summed E-state index contributed by atoms with van der Waals surface area (Å²) in [4.78, 5) is 9.89. The van der Waals surface area contributed by atoms with Gasteiger partial charge in [0.1, 0.15) is 0 Å². The van der Waals surface area contributed by atoms with E-state index in [1.165, 1.54) is 0 Å². The van der Waals surface area contributed by atoms with E-state index in [1.54, 1.807) is 0 Å². The van der Waals surface area contributed by atoms with E-state index in [0.717, 1.165) is 0 Å². The molecule has 0 radical (unpaired) electrons. The van der Waals surface area contributed by atoms with Crippen molar-refractivity contribution in [2.24, 2.45) is 0 Å². The van der Waals surface area contributed by atoms with E-state index in [0.29, 0.717) is 0 Å². The maximum Gasteiger partial charge on any atom is 0.424 e. The molecule has 5 heteroatoms. The molecule has 0 heterocycles. The highest BCUT2D eigenvalue weighted by Gasteiger charge is 2.70. The molecule has 0 saturated heterocycles. The van der Waals surface area contributed by atoms with Gasteiger partial charge in [0.2, 0.25) is 5.60 Å². The molecule has 1 atom stereocenters. The molecule has 9 heavy (non-hydrogen) atoms. The minimum Gasteiger partial charge on any atom is -0.374 e. The molecule has 0 aliphatic heterocycles. The second-order valence-electron chi connectivity index (χ2n) is 1.96. The minimum atomic E-state index is -4.77. The lowest BCUT2D eigenvalue weighted by molar-refractivity contribution is -0.216. The fraction of sp³-hybridized carbons (Fsp3) is 0.750. The molecule has 1 aliphatic carbocycles. The van der Waals surface area contributed by atoms with Gasteiger partial charge in [-0.15, -0.1) is 0 Å². The topological polar surface area (TPSA) is 37.3 Å². The predicted octanol–water partition coefficient (Wildman–Crippen LogP) is 0.253. The largest absolute Gasteiger partial charge is 0.424 e. The van der Waals surface area contributed by atoms with Crippen LogP contribution in [0.25, 0.3) is 0 Å². The van der Waals surface area contributed by atoms with Gasteiger partial charge >= 0.3 is 6.18 Å². The van der Waals surface area contributed by atoms with Crippen LogP contribution in [-0.2, 0) is 4.79 Å². The first kappa shape index (κ1) is 6.54. The van der Waals surface area contributed by atoms with E-state index in [2.05, 4.69) is 0 Å². The van der Waals surface area contributed by atoms with Crippen molar-refractivity contribution in [1.82, 2.24) is 0 Å². The first-order chi connectivity index (χ1) is 3.88. The van der Waals surface area contributed by atoms with Gasteiger partial charge in [-0.25, -0.2) is 0 Å². The van der Waals surface area contributed by atoms with E-state index < -0.39 is 24.0 Å². The van der Waals surface area contributed by atoms with Crippen LogP contribution in [-0.4, -0.2) is 22.7 Å². The normalized spacial score (nSPS) is 34.9. The lowest BCUT2D eigenvalue weighted by Gasteiger charge is -2.08. The van der Waals surface area contributed by atoms with Gasteiger partial charge in [-0.05, 0) is 0 Å². The summed E-state index contributed by atoms with van der Waals surface area (Å²) in [5.74, 6) is -1.14. The Morgan fingerprint density at radius 3 is 1.89 bits per heavy atom. The van der Waals surface area contributed by atoms with E-state index >= 15 is 0 Å². The Labute approximate surface area is 48.3 Å². The van der Waals surface area contributed by atoms with Crippen LogP contribution in [0.5, 0.6) is 0 Å². The maximum atomic E-state index is 11.4. The van der Waals surface area contributed by atoms with Crippen molar-refractivity contribution in [2.45, 2.75) is 18.2 Å². The smallest absolute Gasteiger partial charge is 0.374 e. The van der Waals surface area contributed by atoms with Crippen LogP contribution in [0.1, 0.15) is 6.42 Å². The van der Waals surface area contributed by atoms with Gasteiger partial charge in [-0.2, -0.15) is 13.2 Å². The van der Waals surface area contributed by atoms with E-state index in [9.17, 15) is 18.0 Å². The van der Waals surface area contributed by atoms with Crippen molar-refractivity contribution in [3.63, 3.8) is 0 Å². The molecule has 52 valence electrons. The second kappa shape index (κ2) is 1.29. The third kappa shape index (κ3) is 0.718. The highest BCUT2D eigenvalue weighted by Crippen LogP contribution is 2.45.